The van der Waals surface area contributed by atoms with Gasteiger partial charge < -0.3 is 34.8 Å². The molecule has 0 radical (unpaired) electrons. The number of hydrogen-bond donors (Lipinski definition) is 4. The average Bonchev–Trinajstić information content (AvgIpc) is 2.72. The van der Waals surface area contributed by atoms with Gasteiger partial charge in [0.15, 0.2) is 23.4 Å². The van der Waals surface area contributed by atoms with Gasteiger partial charge in [-0.05, 0) is 45.0 Å². The molecule has 0 aliphatic heterocycles. The molecule has 10 nitrogen and oxygen atoms in total. The highest BCUT2D eigenvalue weighted by Gasteiger charge is 2.23. The molecule has 2 rings (SSSR count). The molecule has 2 aromatic rings. The van der Waals surface area contributed by atoms with Gasteiger partial charge in [-0.25, -0.2) is 14.4 Å². The summed E-state index contributed by atoms with van der Waals surface area (Å²) in [7, 11) is 0. The Morgan fingerprint density at radius 1 is 0.938 bits per heavy atom. The predicted octanol–water partition coefficient (Wildman–Crippen LogP) is 2.71. The van der Waals surface area contributed by atoms with Gasteiger partial charge in [0.1, 0.15) is 12.2 Å². The SMILES string of the molecule is CC(C)(C)OC(=O)NCC(COC(=O)c1ccccc1)OC(=O)c1cc(O)c(O)c(O)c1. The molecule has 172 valence electrons. The average molecular weight is 447 g/mol. The maximum absolute atomic E-state index is 12.4. The van der Waals surface area contributed by atoms with E-state index in [1.807, 2.05) is 0 Å². The minimum absolute atomic E-state index is 0.251. The summed E-state index contributed by atoms with van der Waals surface area (Å²) in [6.07, 6.45) is -1.89. The van der Waals surface area contributed by atoms with Gasteiger partial charge in [0.2, 0.25) is 0 Å². The number of nitrogens with one attached hydrogen (secondary N) is 1. The van der Waals surface area contributed by atoms with Gasteiger partial charge in [-0.15, -0.1) is 0 Å². The Hall–Kier alpha value is -3.95. The molecule has 0 aliphatic rings. The molecule has 4 N–H and O–H groups in total. The third-order valence-electron chi connectivity index (χ3n) is 3.86. The maximum Gasteiger partial charge on any atom is 0.407 e. The van der Waals surface area contributed by atoms with Crippen LogP contribution in [0.15, 0.2) is 42.5 Å². The highest BCUT2D eigenvalue weighted by molar-refractivity contribution is 5.91. The molecule has 0 saturated carbocycles. The van der Waals surface area contributed by atoms with Gasteiger partial charge in [0, 0.05) is 0 Å². The van der Waals surface area contributed by atoms with Crippen LogP contribution in [0.5, 0.6) is 17.2 Å². The van der Waals surface area contributed by atoms with Gasteiger partial charge in [-0.2, -0.15) is 0 Å². The first-order valence-corrected chi connectivity index (χ1v) is 9.61. The van der Waals surface area contributed by atoms with Gasteiger partial charge in [0.25, 0.3) is 0 Å². The number of phenols is 3. The first-order chi connectivity index (χ1) is 15.0. The molecule has 0 heterocycles. The third kappa shape index (κ3) is 7.38. The Morgan fingerprint density at radius 2 is 1.53 bits per heavy atom. The number of ether oxygens (including phenoxy) is 3. The molecule has 10 heteroatoms. The predicted molar refractivity (Wildman–Crippen MR) is 112 cm³/mol. The van der Waals surface area contributed by atoms with Crippen molar-refractivity contribution in [1.82, 2.24) is 5.32 Å². The number of amides is 1. The van der Waals surface area contributed by atoms with E-state index in [1.54, 1.807) is 51.1 Å². The van der Waals surface area contributed by atoms with Crippen molar-refractivity contribution in [3.05, 3.63) is 53.6 Å². The van der Waals surface area contributed by atoms with E-state index < -0.39 is 53.6 Å². The summed E-state index contributed by atoms with van der Waals surface area (Å²) in [5, 5.41) is 31.0. The number of esters is 2. The summed E-state index contributed by atoms with van der Waals surface area (Å²) in [6, 6.07) is 9.92. The molecule has 0 saturated heterocycles. The fraction of sp³-hybridized carbons (Fsp3) is 0.318. The quantitative estimate of drug-likeness (QED) is 0.285. The lowest BCUT2D eigenvalue weighted by Crippen LogP contribution is -2.40. The number of benzene rings is 2. The van der Waals surface area contributed by atoms with Crippen LogP contribution in [0, 0.1) is 0 Å². The molecule has 1 amide bonds. The van der Waals surface area contributed by atoms with Crippen molar-refractivity contribution in [3.8, 4) is 17.2 Å². The molecule has 0 aliphatic carbocycles. The van der Waals surface area contributed by atoms with Crippen molar-refractivity contribution in [2.24, 2.45) is 0 Å². The summed E-state index contributed by atoms with van der Waals surface area (Å²) in [5.41, 5.74) is -0.738. The molecule has 1 atom stereocenters. The third-order valence-corrected chi connectivity index (χ3v) is 3.86. The van der Waals surface area contributed by atoms with Crippen LogP contribution >= 0.6 is 0 Å². The summed E-state index contributed by atoms with van der Waals surface area (Å²) < 4.78 is 15.6. The second-order valence-corrected chi connectivity index (χ2v) is 7.74. The van der Waals surface area contributed by atoms with E-state index in [0.717, 1.165) is 12.1 Å². The van der Waals surface area contributed by atoms with Crippen LogP contribution in [-0.4, -0.2) is 58.2 Å². The van der Waals surface area contributed by atoms with Crippen LogP contribution in [0.25, 0.3) is 0 Å². The molecule has 0 fully saturated rings. The van der Waals surface area contributed by atoms with E-state index in [4.69, 9.17) is 14.2 Å². The lowest BCUT2D eigenvalue weighted by Gasteiger charge is -2.22. The monoisotopic (exact) mass is 447 g/mol. The highest BCUT2D eigenvalue weighted by atomic mass is 16.6. The molecule has 1 unspecified atom stereocenters. The Kier molecular flexibility index (Phi) is 7.89. The zero-order valence-corrected chi connectivity index (χ0v) is 17.8. The highest BCUT2D eigenvalue weighted by Crippen LogP contribution is 2.35. The molecular formula is C22H25NO9. The van der Waals surface area contributed by atoms with E-state index >= 15 is 0 Å². The van der Waals surface area contributed by atoms with Crippen molar-refractivity contribution >= 4 is 18.0 Å². The van der Waals surface area contributed by atoms with E-state index in [0.29, 0.717) is 0 Å². The van der Waals surface area contributed by atoms with Crippen LogP contribution in [-0.2, 0) is 14.2 Å². The smallest absolute Gasteiger partial charge is 0.407 e. The van der Waals surface area contributed by atoms with Gasteiger partial charge >= 0.3 is 18.0 Å². The largest absolute Gasteiger partial charge is 0.504 e. The number of phenolic OH excluding ortho intramolecular Hbond substituents is 3. The van der Waals surface area contributed by atoms with Crippen molar-refractivity contribution in [3.63, 3.8) is 0 Å². The second kappa shape index (κ2) is 10.4. The van der Waals surface area contributed by atoms with E-state index in [2.05, 4.69) is 5.32 Å². The number of carbonyl (C=O) groups is 3. The van der Waals surface area contributed by atoms with Crippen LogP contribution in [0.3, 0.4) is 0 Å². The van der Waals surface area contributed by atoms with E-state index in [1.165, 1.54) is 0 Å². The lowest BCUT2D eigenvalue weighted by molar-refractivity contribution is -0.00200. The van der Waals surface area contributed by atoms with Crippen LogP contribution < -0.4 is 5.32 Å². The van der Waals surface area contributed by atoms with Crippen LogP contribution in [0.1, 0.15) is 41.5 Å². The van der Waals surface area contributed by atoms with Gasteiger partial charge in [-0.1, -0.05) is 18.2 Å². The molecular weight excluding hydrogens is 422 g/mol. The first-order valence-electron chi connectivity index (χ1n) is 9.61. The second-order valence-electron chi connectivity index (χ2n) is 7.74. The number of alkyl carbamates (subject to hydrolysis) is 1. The fourth-order valence-corrected chi connectivity index (χ4v) is 2.41. The Bertz CT molecular complexity index is 944. The zero-order valence-electron chi connectivity index (χ0n) is 17.8. The Balaban J connectivity index is 2.09. The van der Waals surface area contributed by atoms with Crippen molar-refractivity contribution < 1.29 is 43.9 Å². The molecule has 32 heavy (non-hydrogen) atoms. The van der Waals surface area contributed by atoms with Gasteiger partial charge in [0.05, 0.1) is 17.7 Å². The number of hydrogen-bond acceptors (Lipinski definition) is 9. The van der Waals surface area contributed by atoms with Crippen molar-refractivity contribution in [2.75, 3.05) is 13.2 Å². The minimum atomic E-state index is -1.12. The normalized spacial score (nSPS) is 11.8. The Morgan fingerprint density at radius 3 is 2.09 bits per heavy atom. The standard InChI is InChI=1S/C22H25NO9/c1-22(2,3)32-21(29)23-11-15(12-30-19(27)13-7-5-4-6-8-13)31-20(28)14-9-16(24)18(26)17(25)10-14/h4-10,15,24-26H,11-12H2,1-3H3,(H,23,29). The maximum atomic E-state index is 12.4. The number of aromatic hydroxyl groups is 3. The summed E-state index contributed by atoms with van der Waals surface area (Å²) in [6.45, 7) is 4.38. The Labute approximate surface area is 184 Å². The van der Waals surface area contributed by atoms with Crippen LogP contribution in [0.2, 0.25) is 0 Å². The van der Waals surface area contributed by atoms with Crippen molar-refractivity contribution in [1.29, 1.82) is 0 Å². The number of carbonyl (C=O) groups excluding carboxylic acids is 3. The first kappa shape index (κ1) is 24.3. The molecule has 0 spiro atoms. The molecule has 0 bridgehead atoms. The summed E-state index contributed by atoms with van der Waals surface area (Å²) >= 11 is 0. The summed E-state index contributed by atoms with van der Waals surface area (Å²) in [4.78, 5) is 36.6. The molecule has 0 aromatic heterocycles. The fourth-order valence-electron chi connectivity index (χ4n) is 2.41. The minimum Gasteiger partial charge on any atom is -0.504 e. The van der Waals surface area contributed by atoms with E-state index in [-0.39, 0.29) is 17.7 Å². The van der Waals surface area contributed by atoms with E-state index in [9.17, 15) is 29.7 Å². The van der Waals surface area contributed by atoms with Crippen molar-refractivity contribution in [2.45, 2.75) is 32.5 Å². The van der Waals surface area contributed by atoms with Crippen LogP contribution in [0.4, 0.5) is 4.79 Å². The van der Waals surface area contributed by atoms with Gasteiger partial charge in [-0.3, -0.25) is 0 Å². The zero-order chi connectivity index (χ0) is 23.9. The lowest BCUT2D eigenvalue weighted by atomic mass is 10.2. The number of rotatable bonds is 7. The summed E-state index contributed by atoms with van der Waals surface area (Å²) in [5.74, 6) is -3.90. The molecule has 2 aromatic carbocycles. The topological polar surface area (TPSA) is 152 Å².